The van der Waals surface area contributed by atoms with Crippen molar-refractivity contribution < 1.29 is 4.42 Å². The molecule has 0 radical (unpaired) electrons. The third-order valence-corrected chi connectivity index (χ3v) is 14.3. The molecule has 0 atom stereocenters. The lowest BCUT2D eigenvalue weighted by Gasteiger charge is -2.28. The Bertz CT molecular complexity index is 3550. The van der Waals surface area contributed by atoms with Crippen molar-refractivity contribution in [1.82, 2.24) is 0 Å². The van der Waals surface area contributed by atoms with Gasteiger partial charge in [0.05, 0.1) is 0 Å². The first-order valence-electron chi connectivity index (χ1n) is 20.9. The summed E-state index contributed by atoms with van der Waals surface area (Å²) in [6, 6.07) is 49.3. The molecular weight excluding hydrogens is 713 g/mol. The normalized spacial score (nSPS) is 12.1. The van der Waals surface area contributed by atoms with Crippen LogP contribution in [-0.2, 0) is 0 Å². The van der Waals surface area contributed by atoms with Crippen LogP contribution in [0.25, 0.3) is 109 Å². The SMILES string of the molecule is Cc1c(C)c(C)c2c(-c3cccc4oc5cc6ccccc6cc5c34)c3c(C)c(C)c(C)c(C)c3c(-c3ccc(-c4ccc5ccccc5c4)c4ccccc34)c2c1C. The van der Waals surface area contributed by atoms with E-state index < -0.39 is 0 Å². The minimum absolute atomic E-state index is 0.921. The first-order chi connectivity index (χ1) is 28.6. The average molecular weight is 759 g/mol. The second-order valence-corrected chi connectivity index (χ2v) is 17.0. The fraction of sp³-hybridized carbons (Fsp3) is 0.138. The number of fused-ring (bicyclic) bond motifs is 8. The Labute approximate surface area is 345 Å². The molecule has 0 bridgehead atoms. The first-order valence-corrected chi connectivity index (χ1v) is 20.9. The summed E-state index contributed by atoms with van der Waals surface area (Å²) < 4.78 is 6.75. The van der Waals surface area contributed by atoms with Gasteiger partial charge in [-0.2, -0.15) is 0 Å². The van der Waals surface area contributed by atoms with E-state index in [1.165, 1.54) is 137 Å². The van der Waals surface area contributed by atoms with Crippen molar-refractivity contribution in [2.75, 3.05) is 0 Å². The highest BCUT2D eigenvalue weighted by Crippen LogP contribution is 2.53. The van der Waals surface area contributed by atoms with Crippen molar-refractivity contribution in [2.45, 2.75) is 55.4 Å². The van der Waals surface area contributed by atoms with Crippen LogP contribution in [0.15, 0.2) is 138 Å². The Morgan fingerprint density at radius 3 is 1.36 bits per heavy atom. The van der Waals surface area contributed by atoms with Gasteiger partial charge in [-0.05, 0) is 211 Å². The van der Waals surface area contributed by atoms with E-state index in [0.29, 0.717) is 0 Å². The van der Waals surface area contributed by atoms with Crippen LogP contribution in [0.3, 0.4) is 0 Å². The predicted octanol–water partition coefficient (Wildman–Crippen LogP) is 16.8. The van der Waals surface area contributed by atoms with Crippen LogP contribution in [0, 0.1) is 55.4 Å². The molecule has 59 heavy (non-hydrogen) atoms. The molecule has 1 nitrogen and oxygen atoms in total. The van der Waals surface area contributed by atoms with Crippen molar-refractivity contribution in [3.8, 4) is 33.4 Å². The van der Waals surface area contributed by atoms with Crippen molar-refractivity contribution in [3.05, 3.63) is 178 Å². The van der Waals surface area contributed by atoms with E-state index in [0.717, 1.165) is 16.6 Å². The number of furan rings is 1. The summed E-state index contributed by atoms with van der Waals surface area (Å²) in [5.41, 5.74) is 20.3. The molecule has 0 amide bonds. The molecule has 0 N–H and O–H groups in total. The summed E-state index contributed by atoms with van der Waals surface area (Å²) in [6.07, 6.45) is 0. The molecule has 10 aromatic carbocycles. The van der Waals surface area contributed by atoms with Gasteiger partial charge in [0.25, 0.3) is 0 Å². The molecule has 1 aromatic heterocycles. The van der Waals surface area contributed by atoms with Gasteiger partial charge in [-0.25, -0.2) is 0 Å². The molecule has 0 saturated heterocycles. The van der Waals surface area contributed by atoms with Crippen molar-refractivity contribution in [3.63, 3.8) is 0 Å². The van der Waals surface area contributed by atoms with Crippen LogP contribution in [0.2, 0.25) is 0 Å². The van der Waals surface area contributed by atoms with Gasteiger partial charge < -0.3 is 4.42 Å². The van der Waals surface area contributed by atoms with Gasteiger partial charge in [-0.3, -0.25) is 0 Å². The number of hydrogen-bond donors (Lipinski definition) is 0. The quantitative estimate of drug-likeness (QED) is 0.164. The maximum Gasteiger partial charge on any atom is 0.136 e. The molecule has 0 aliphatic carbocycles. The van der Waals surface area contributed by atoms with E-state index in [-0.39, 0.29) is 0 Å². The van der Waals surface area contributed by atoms with Crippen molar-refractivity contribution in [1.29, 1.82) is 0 Å². The highest BCUT2D eigenvalue weighted by atomic mass is 16.3. The van der Waals surface area contributed by atoms with Gasteiger partial charge in [-0.15, -0.1) is 0 Å². The molecule has 11 rings (SSSR count). The van der Waals surface area contributed by atoms with Gasteiger partial charge in [0.2, 0.25) is 0 Å². The minimum Gasteiger partial charge on any atom is -0.456 e. The zero-order valence-electron chi connectivity index (χ0n) is 35.1. The van der Waals surface area contributed by atoms with Crippen LogP contribution >= 0.6 is 0 Å². The van der Waals surface area contributed by atoms with Gasteiger partial charge in [-0.1, -0.05) is 109 Å². The van der Waals surface area contributed by atoms with Crippen molar-refractivity contribution in [2.24, 2.45) is 0 Å². The van der Waals surface area contributed by atoms with Crippen molar-refractivity contribution >= 4 is 75.8 Å². The fourth-order valence-electron chi connectivity index (χ4n) is 10.5. The highest BCUT2D eigenvalue weighted by Gasteiger charge is 2.28. The summed E-state index contributed by atoms with van der Waals surface area (Å²) in [4.78, 5) is 0. The summed E-state index contributed by atoms with van der Waals surface area (Å²) in [6.45, 7) is 18.7. The Morgan fingerprint density at radius 1 is 0.288 bits per heavy atom. The second kappa shape index (κ2) is 12.9. The summed E-state index contributed by atoms with van der Waals surface area (Å²) in [5, 5.41) is 15.2. The third-order valence-electron chi connectivity index (χ3n) is 14.3. The van der Waals surface area contributed by atoms with Crippen LogP contribution in [0.4, 0.5) is 0 Å². The van der Waals surface area contributed by atoms with E-state index in [9.17, 15) is 0 Å². The highest BCUT2D eigenvalue weighted by molar-refractivity contribution is 6.30. The van der Waals surface area contributed by atoms with Crippen LogP contribution in [0.1, 0.15) is 44.5 Å². The molecular formula is C58H46O. The maximum atomic E-state index is 6.75. The minimum atomic E-state index is 0.921. The van der Waals surface area contributed by atoms with Gasteiger partial charge in [0, 0.05) is 10.8 Å². The molecule has 0 fully saturated rings. The standard InChI is InChI=1S/C58H46O/c1-31-33(3)37(7)54-52(35(31)5)57(47-27-26-44(45-20-13-14-21-46(45)47)43-25-24-39-16-9-10-17-40(39)28-43)53-36(6)32(2)34(4)38(8)55(53)58(54)48-22-15-23-50-56(48)49-29-41-18-11-12-19-42(41)30-51(49)59-50/h9-30H,1-8H3. The molecule has 284 valence electrons. The van der Waals surface area contributed by atoms with Crippen LogP contribution in [-0.4, -0.2) is 0 Å². The van der Waals surface area contributed by atoms with Gasteiger partial charge in [0.1, 0.15) is 11.2 Å². The zero-order valence-corrected chi connectivity index (χ0v) is 35.1. The summed E-state index contributed by atoms with van der Waals surface area (Å²) >= 11 is 0. The Hall–Kier alpha value is -6.70. The van der Waals surface area contributed by atoms with E-state index in [4.69, 9.17) is 4.42 Å². The number of benzene rings is 10. The fourth-order valence-corrected chi connectivity index (χ4v) is 10.5. The van der Waals surface area contributed by atoms with E-state index in [1.54, 1.807) is 0 Å². The van der Waals surface area contributed by atoms with Gasteiger partial charge in [0.15, 0.2) is 0 Å². The summed E-state index contributed by atoms with van der Waals surface area (Å²) in [5.74, 6) is 0. The van der Waals surface area contributed by atoms with E-state index >= 15 is 0 Å². The molecule has 1 heterocycles. The summed E-state index contributed by atoms with van der Waals surface area (Å²) in [7, 11) is 0. The molecule has 1 heteroatoms. The molecule has 11 aromatic rings. The second-order valence-electron chi connectivity index (χ2n) is 17.0. The van der Waals surface area contributed by atoms with E-state index in [2.05, 4.69) is 189 Å². The molecule has 0 aliphatic heterocycles. The van der Waals surface area contributed by atoms with Crippen LogP contribution in [0.5, 0.6) is 0 Å². The predicted molar refractivity (Wildman–Crippen MR) is 255 cm³/mol. The molecule has 0 unspecified atom stereocenters. The number of hydrogen-bond acceptors (Lipinski definition) is 1. The lowest BCUT2D eigenvalue weighted by atomic mass is 9.75. The lowest BCUT2D eigenvalue weighted by molar-refractivity contribution is 0.669. The Kier molecular flexibility index (Phi) is 7.75. The molecule has 0 aliphatic rings. The first kappa shape index (κ1) is 35.5. The smallest absolute Gasteiger partial charge is 0.136 e. The molecule has 0 saturated carbocycles. The molecule has 0 spiro atoms. The maximum absolute atomic E-state index is 6.75. The third kappa shape index (κ3) is 4.98. The van der Waals surface area contributed by atoms with Gasteiger partial charge >= 0.3 is 0 Å². The monoisotopic (exact) mass is 758 g/mol. The number of aryl methyl sites for hydroxylation is 4. The Morgan fingerprint density at radius 2 is 0.763 bits per heavy atom. The average Bonchev–Trinajstić information content (AvgIpc) is 3.64. The largest absolute Gasteiger partial charge is 0.456 e. The lowest BCUT2D eigenvalue weighted by Crippen LogP contribution is -2.04. The Balaban J connectivity index is 1.34. The van der Waals surface area contributed by atoms with Crippen LogP contribution < -0.4 is 0 Å². The van der Waals surface area contributed by atoms with E-state index in [1.807, 2.05) is 0 Å². The number of rotatable bonds is 3. The topological polar surface area (TPSA) is 13.1 Å². The zero-order chi connectivity index (χ0) is 40.4.